The summed E-state index contributed by atoms with van der Waals surface area (Å²) in [7, 11) is 1.71. The van der Waals surface area contributed by atoms with Gasteiger partial charge in [-0.2, -0.15) is 0 Å². The van der Waals surface area contributed by atoms with E-state index in [-0.39, 0.29) is 18.5 Å². The molecular weight excluding hydrogens is 324 g/mol. The molecule has 0 aromatic heterocycles. The van der Waals surface area contributed by atoms with Gasteiger partial charge in [0.05, 0.1) is 19.8 Å². The number of nitrogens with one attached hydrogen (secondary N) is 3. The van der Waals surface area contributed by atoms with E-state index in [0.717, 1.165) is 32.8 Å². The van der Waals surface area contributed by atoms with E-state index in [0.29, 0.717) is 31.0 Å². The average molecular weight is 354 g/mol. The zero-order valence-electron chi connectivity index (χ0n) is 15.4. The van der Waals surface area contributed by atoms with Crippen molar-refractivity contribution >= 4 is 17.9 Å². The van der Waals surface area contributed by atoms with Crippen LogP contribution in [0.15, 0.2) is 4.99 Å². The lowest BCUT2D eigenvalue weighted by molar-refractivity contribution is -0.124. The number of amides is 3. The Kier molecular flexibility index (Phi) is 7.45. The third-order valence-corrected chi connectivity index (χ3v) is 4.55. The van der Waals surface area contributed by atoms with E-state index in [1.165, 1.54) is 4.90 Å². The molecule has 2 saturated heterocycles. The normalized spacial score (nSPS) is 20.8. The quantitative estimate of drug-likeness (QED) is 0.310. The van der Waals surface area contributed by atoms with Gasteiger partial charge in [0.15, 0.2) is 5.96 Å². The molecule has 0 radical (unpaired) electrons. The number of carbonyl (C=O) groups is 2. The zero-order valence-corrected chi connectivity index (χ0v) is 15.4. The lowest BCUT2D eigenvalue weighted by Crippen LogP contribution is -2.53. The van der Waals surface area contributed by atoms with Gasteiger partial charge in [-0.05, 0) is 5.92 Å². The molecule has 2 heterocycles. The second kappa shape index (κ2) is 9.57. The van der Waals surface area contributed by atoms with Gasteiger partial charge >= 0.3 is 6.03 Å². The average Bonchev–Trinajstić information content (AvgIpc) is 2.92. The number of nitrogens with zero attached hydrogens (tertiary/aromatic N) is 3. The van der Waals surface area contributed by atoms with Gasteiger partial charge in [0, 0.05) is 45.8 Å². The third kappa shape index (κ3) is 5.57. The molecule has 9 heteroatoms. The van der Waals surface area contributed by atoms with Crippen LogP contribution in [0.25, 0.3) is 0 Å². The highest BCUT2D eigenvalue weighted by atomic mass is 16.5. The van der Waals surface area contributed by atoms with E-state index in [2.05, 4.69) is 39.7 Å². The highest BCUT2D eigenvalue weighted by Crippen LogP contribution is 2.12. The minimum atomic E-state index is -0.332. The van der Waals surface area contributed by atoms with E-state index in [1.54, 1.807) is 7.05 Å². The fourth-order valence-corrected chi connectivity index (χ4v) is 3.09. The fraction of sp³-hybridized carbons (Fsp3) is 0.812. The molecule has 2 fully saturated rings. The second-order valence-corrected chi connectivity index (χ2v) is 6.54. The molecule has 0 aromatic carbocycles. The van der Waals surface area contributed by atoms with Crippen LogP contribution in [0, 0.1) is 5.92 Å². The van der Waals surface area contributed by atoms with Crippen molar-refractivity contribution < 1.29 is 14.3 Å². The zero-order chi connectivity index (χ0) is 18.2. The Hall–Kier alpha value is -1.87. The van der Waals surface area contributed by atoms with Gasteiger partial charge in [-0.25, -0.2) is 4.79 Å². The summed E-state index contributed by atoms with van der Waals surface area (Å²) in [5.41, 5.74) is 0. The predicted molar refractivity (Wildman–Crippen MR) is 95.5 cm³/mol. The number of morpholine rings is 1. The Morgan fingerprint density at radius 2 is 2.00 bits per heavy atom. The summed E-state index contributed by atoms with van der Waals surface area (Å²) in [6, 6.07) is 0.0651. The van der Waals surface area contributed by atoms with E-state index in [9.17, 15) is 9.59 Å². The SMILES string of the molecule is CN=C(NCCN1C(=O)CNC1=O)NCC(C(C)C)N1CCOCC1. The minimum absolute atomic E-state index is 0.0847. The molecule has 142 valence electrons. The van der Waals surface area contributed by atoms with Crippen LogP contribution in [0.5, 0.6) is 0 Å². The molecule has 3 N–H and O–H groups in total. The maximum atomic E-state index is 11.5. The van der Waals surface area contributed by atoms with E-state index in [4.69, 9.17) is 4.74 Å². The van der Waals surface area contributed by atoms with Gasteiger partial charge < -0.3 is 20.7 Å². The van der Waals surface area contributed by atoms with Crippen LogP contribution >= 0.6 is 0 Å². The van der Waals surface area contributed by atoms with Gasteiger partial charge in [-0.1, -0.05) is 13.8 Å². The molecule has 0 aliphatic carbocycles. The molecule has 25 heavy (non-hydrogen) atoms. The molecular formula is C16H30N6O3. The number of carbonyl (C=O) groups excluding carboxylic acids is 2. The minimum Gasteiger partial charge on any atom is -0.379 e. The summed E-state index contributed by atoms with van der Waals surface area (Å²) in [6.07, 6.45) is 0. The number of urea groups is 1. The maximum absolute atomic E-state index is 11.5. The van der Waals surface area contributed by atoms with Crippen molar-refractivity contribution in [3.63, 3.8) is 0 Å². The van der Waals surface area contributed by atoms with Crippen LogP contribution in [-0.4, -0.2) is 93.3 Å². The van der Waals surface area contributed by atoms with E-state index in [1.807, 2.05) is 0 Å². The van der Waals surface area contributed by atoms with E-state index >= 15 is 0 Å². The van der Waals surface area contributed by atoms with Crippen molar-refractivity contribution in [2.24, 2.45) is 10.9 Å². The molecule has 0 spiro atoms. The third-order valence-electron chi connectivity index (χ3n) is 4.55. The van der Waals surface area contributed by atoms with Crippen LogP contribution in [0.2, 0.25) is 0 Å². The van der Waals surface area contributed by atoms with Gasteiger partial charge in [0.1, 0.15) is 0 Å². The smallest absolute Gasteiger partial charge is 0.324 e. The molecule has 1 unspecified atom stereocenters. The molecule has 2 aliphatic rings. The Bertz CT molecular complexity index is 474. The Balaban J connectivity index is 1.76. The first kappa shape index (κ1) is 19.5. The molecule has 0 saturated carbocycles. The first-order valence-corrected chi connectivity index (χ1v) is 8.87. The number of rotatable bonds is 7. The van der Waals surface area contributed by atoms with Crippen molar-refractivity contribution in [3.8, 4) is 0 Å². The second-order valence-electron chi connectivity index (χ2n) is 6.54. The Morgan fingerprint density at radius 3 is 2.56 bits per heavy atom. The van der Waals surface area contributed by atoms with Crippen molar-refractivity contribution in [2.45, 2.75) is 19.9 Å². The highest BCUT2D eigenvalue weighted by molar-refractivity contribution is 6.01. The van der Waals surface area contributed by atoms with Crippen LogP contribution in [0.4, 0.5) is 4.79 Å². The Labute approximate surface area is 149 Å². The van der Waals surface area contributed by atoms with Crippen molar-refractivity contribution in [3.05, 3.63) is 0 Å². The van der Waals surface area contributed by atoms with Gasteiger partial charge in [-0.15, -0.1) is 0 Å². The fourth-order valence-electron chi connectivity index (χ4n) is 3.09. The Morgan fingerprint density at radius 1 is 1.28 bits per heavy atom. The number of guanidine groups is 1. The number of imide groups is 1. The topological polar surface area (TPSA) is 98.3 Å². The highest BCUT2D eigenvalue weighted by Gasteiger charge is 2.28. The summed E-state index contributed by atoms with van der Waals surface area (Å²) < 4.78 is 5.43. The summed E-state index contributed by atoms with van der Waals surface area (Å²) in [6.45, 7) is 9.54. The van der Waals surface area contributed by atoms with E-state index < -0.39 is 0 Å². The summed E-state index contributed by atoms with van der Waals surface area (Å²) in [4.78, 5) is 30.9. The summed E-state index contributed by atoms with van der Waals surface area (Å²) >= 11 is 0. The predicted octanol–water partition coefficient (Wildman–Crippen LogP) is -0.940. The monoisotopic (exact) mass is 354 g/mol. The molecule has 0 aromatic rings. The first-order chi connectivity index (χ1) is 12.0. The van der Waals surface area contributed by atoms with Crippen LogP contribution in [0.1, 0.15) is 13.8 Å². The molecule has 9 nitrogen and oxygen atoms in total. The largest absolute Gasteiger partial charge is 0.379 e. The van der Waals surface area contributed by atoms with Gasteiger partial charge in [-0.3, -0.25) is 19.6 Å². The van der Waals surface area contributed by atoms with Gasteiger partial charge in [0.25, 0.3) is 0 Å². The van der Waals surface area contributed by atoms with Crippen molar-refractivity contribution in [1.82, 2.24) is 25.8 Å². The van der Waals surface area contributed by atoms with Crippen LogP contribution < -0.4 is 16.0 Å². The van der Waals surface area contributed by atoms with Crippen molar-refractivity contribution in [2.75, 3.05) is 59.5 Å². The van der Waals surface area contributed by atoms with Crippen LogP contribution in [0.3, 0.4) is 0 Å². The number of ether oxygens (including phenoxy) is 1. The lowest BCUT2D eigenvalue weighted by atomic mass is 10.0. The summed E-state index contributed by atoms with van der Waals surface area (Å²) in [5.74, 6) is 0.988. The molecule has 2 rings (SSSR count). The molecule has 1 atom stereocenters. The lowest BCUT2D eigenvalue weighted by Gasteiger charge is -2.37. The van der Waals surface area contributed by atoms with Gasteiger partial charge in [0.2, 0.25) is 5.91 Å². The standard InChI is InChI=1S/C16H30N6O3/c1-12(2)13(21-6-8-25-9-7-21)10-19-15(17-3)18-4-5-22-14(23)11-20-16(22)24/h12-13H,4-11H2,1-3H3,(H,20,24)(H2,17,18,19). The first-order valence-electron chi connectivity index (χ1n) is 8.87. The maximum Gasteiger partial charge on any atom is 0.324 e. The number of hydrogen-bond acceptors (Lipinski definition) is 5. The van der Waals surface area contributed by atoms with Crippen LogP contribution in [-0.2, 0) is 9.53 Å². The number of hydrogen-bond donors (Lipinski definition) is 3. The molecule has 0 bridgehead atoms. The van der Waals surface area contributed by atoms with Crippen molar-refractivity contribution in [1.29, 1.82) is 0 Å². The summed E-state index contributed by atoms with van der Waals surface area (Å²) in [5, 5.41) is 9.01. The number of aliphatic imine (C=N–C) groups is 1. The molecule has 2 aliphatic heterocycles. The molecule has 3 amide bonds.